The van der Waals surface area contributed by atoms with Crippen LogP contribution < -0.4 is 0 Å². The zero-order valence-corrected chi connectivity index (χ0v) is 19.0. The van der Waals surface area contributed by atoms with Gasteiger partial charge in [0.25, 0.3) is 5.69 Å². The molecule has 1 aromatic heterocycles. The second-order valence-electron chi connectivity index (χ2n) is 8.82. The van der Waals surface area contributed by atoms with Gasteiger partial charge in [-0.3, -0.25) is 10.1 Å². The van der Waals surface area contributed by atoms with Crippen molar-refractivity contribution in [1.29, 1.82) is 0 Å². The number of nitro groups is 1. The Kier molecular flexibility index (Phi) is 5.23. The monoisotopic (exact) mass is 457 g/mol. The molecular formula is C30H23N3O2. The number of hydrogen-bond acceptors (Lipinski definition) is 3. The molecule has 1 aliphatic carbocycles. The van der Waals surface area contributed by atoms with Crippen molar-refractivity contribution in [1.82, 2.24) is 9.55 Å². The lowest BCUT2D eigenvalue weighted by Gasteiger charge is -2.15. The molecule has 0 N–H and O–H groups in total. The van der Waals surface area contributed by atoms with Crippen LogP contribution in [0.1, 0.15) is 18.9 Å². The molecule has 1 fully saturated rings. The summed E-state index contributed by atoms with van der Waals surface area (Å²) in [5.74, 6) is 0.896. The standard InChI is InChI=1S/C30H23N3O2/c34-33(35)25-15-9-14-23(20-25)26-16-7-8-17-27(26)30-31-28(21-10-3-1-4-11-21)29(32(30)24-18-19-24)22-12-5-2-6-13-22/h1-17,20,24H,18-19H2. The number of nitrogens with zero attached hydrogens (tertiary/aromatic N) is 3. The third kappa shape index (κ3) is 3.91. The molecule has 0 spiro atoms. The van der Waals surface area contributed by atoms with Crippen LogP contribution in [0.15, 0.2) is 109 Å². The molecule has 0 radical (unpaired) electrons. The van der Waals surface area contributed by atoms with Gasteiger partial charge in [0.2, 0.25) is 0 Å². The fourth-order valence-electron chi connectivity index (χ4n) is 4.70. The molecular weight excluding hydrogens is 434 g/mol. The second-order valence-corrected chi connectivity index (χ2v) is 8.82. The Labute approximate surface area is 203 Å². The van der Waals surface area contributed by atoms with Gasteiger partial charge in [0.15, 0.2) is 0 Å². The molecule has 0 amide bonds. The first kappa shape index (κ1) is 21.1. The summed E-state index contributed by atoms with van der Waals surface area (Å²) in [5, 5.41) is 11.4. The zero-order chi connectivity index (χ0) is 23.8. The van der Waals surface area contributed by atoms with E-state index in [1.807, 2.05) is 48.5 Å². The van der Waals surface area contributed by atoms with E-state index in [0.29, 0.717) is 6.04 Å². The van der Waals surface area contributed by atoms with E-state index in [-0.39, 0.29) is 10.6 Å². The lowest BCUT2D eigenvalue weighted by molar-refractivity contribution is -0.384. The van der Waals surface area contributed by atoms with Crippen molar-refractivity contribution in [3.8, 4) is 45.0 Å². The predicted molar refractivity (Wildman–Crippen MR) is 139 cm³/mol. The largest absolute Gasteiger partial charge is 0.320 e. The number of aromatic nitrogens is 2. The molecule has 5 nitrogen and oxygen atoms in total. The van der Waals surface area contributed by atoms with E-state index in [0.717, 1.165) is 57.9 Å². The maximum Gasteiger partial charge on any atom is 0.270 e. The smallest absolute Gasteiger partial charge is 0.270 e. The summed E-state index contributed by atoms with van der Waals surface area (Å²) in [6.07, 6.45) is 2.22. The summed E-state index contributed by atoms with van der Waals surface area (Å²) in [6.45, 7) is 0. The van der Waals surface area contributed by atoms with Gasteiger partial charge in [-0.1, -0.05) is 97.1 Å². The summed E-state index contributed by atoms with van der Waals surface area (Å²) in [5.41, 5.74) is 7.06. The highest BCUT2D eigenvalue weighted by molar-refractivity contribution is 5.87. The van der Waals surface area contributed by atoms with Crippen molar-refractivity contribution in [2.75, 3.05) is 0 Å². The number of non-ortho nitro benzene ring substituents is 1. The van der Waals surface area contributed by atoms with Gasteiger partial charge in [-0.15, -0.1) is 0 Å². The topological polar surface area (TPSA) is 61.0 Å². The van der Waals surface area contributed by atoms with Gasteiger partial charge in [0.1, 0.15) is 5.82 Å². The molecule has 0 saturated heterocycles. The van der Waals surface area contributed by atoms with Crippen molar-refractivity contribution >= 4 is 5.69 Å². The Morgan fingerprint density at radius 2 is 1.31 bits per heavy atom. The van der Waals surface area contributed by atoms with E-state index in [1.165, 1.54) is 6.07 Å². The van der Waals surface area contributed by atoms with Gasteiger partial charge in [0, 0.05) is 34.9 Å². The Balaban J connectivity index is 1.63. The molecule has 4 aromatic carbocycles. The third-order valence-corrected chi connectivity index (χ3v) is 6.45. The summed E-state index contributed by atoms with van der Waals surface area (Å²) in [7, 11) is 0. The maximum atomic E-state index is 11.4. The lowest BCUT2D eigenvalue weighted by atomic mass is 9.98. The van der Waals surface area contributed by atoms with Crippen LogP contribution >= 0.6 is 0 Å². The van der Waals surface area contributed by atoms with Gasteiger partial charge >= 0.3 is 0 Å². The summed E-state index contributed by atoms with van der Waals surface area (Å²) in [6, 6.07) is 36.0. The van der Waals surface area contributed by atoms with E-state index in [2.05, 4.69) is 47.0 Å². The highest BCUT2D eigenvalue weighted by Gasteiger charge is 2.32. The quantitative estimate of drug-likeness (QED) is 0.193. The highest BCUT2D eigenvalue weighted by atomic mass is 16.6. The number of benzene rings is 4. The summed E-state index contributed by atoms with van der Waals surface area (Å²) in [4.78, 5) is 16.4. The first-order valence-electron chi connectivity index (χ1n) is 11.8. The fraction of sp³-hybridized carbons (Fsp3) is 0.100. The van der Waals surface area contributed by atoms with Crippen LogP contribution in [0, 0.1) is 10.1 Å². The molecule has 1 aliphatic rings. The Morgan fingerprint density at radius 1 is 0.714 bits per heavy atom. The molecule has 0 bridgehead atoms. The van der Waals surface area contributed by atoms with Gasteiger partial charge in [-0.2, -0.15) is 0 Å². The highest BCUT2D eigenvalue weighted by Crippen LogP contribution is 2.47. The van der Waals surface area contributed by atoms with Crippen LogP contribution in [0.4, 0.5) is 5.69 Å². The van der Waals surface area contributed by atoms with Gasteiger partial charge in [-0.25, -0.2) is 4.98 Å². The van der Waals surface area contributed by atoms with Gasteiger partial charge in [-0.05, 0) is 24.0 Å². The van der Waals surface area contributed by atoms with E-state index < -0.39 is 0 Å². The summed E-state index contributed by atoms with van der Waals surface area (Å²) >= 11 is 0. The number of rotatable bonds is 6. The third-order valence-electron chi connectivity index (χ3n) is 6.45. The Morgan fingerprint density at radius 3 is 1.97 bits per heavy atom. The Hall–Kier alpha value is -4.51. The molecule has 5 aromatic rings. The zero-order valence-electron chi connectivity index (χ0n) is 19.0. The minimum Gasteiger partial charge on any atom is -0.320 e. The minimum absolute atomic E-state index is 0.0813. The van der Waals surface area contributed by atoms with Crippen molar-refractivity contribution in [2.45, 2.75) is 18.9 Å². The molecule has 6 rings (SSSR count). The molecule has 1 heterocycles. The van der Waals surface area contributed by atoms with Crippen molar-refractivity contribution < 1.29 is 4.92 Å². The van der Waals surface area contributed by atoms with Crippen LogP contribution in [-0.4, -0.2) is 14.5 Å². The van der Waals surface area contributed by atoms with E-state index in [4.69, 9.17) is 4.98 Å². The minimum atomic E-state index is -0.349. The molecule has 0 atom stereocenters. The Bertz CT molecular complexity index is 1520. The number of nitro benzene ring substituents is 1. The lowest BCUT2D eigenvalue weighted by Crippen LogP contribution is -2.01. The van der Waals surface area contributed by atoms with E-state index in [9.17, 15) is 10.1 Å². The first-order chi connectivity index (χ1) is 17.2. The molecule has 0 aliphatic heterocycles. The SMILES string of the molecule is O=[N+]([O-])c1cccc(-c2ccccc2-c2nc(-c3ccccc3)c(-c3ccccc3)n2C2CC2)c1. The fourth-order valence-corrected chi connectivity index (χ4v) is 4.70. The average Bonchev–Trinajstić information content (AvgIpc) is 3.68. The predicted octanol–water partition coefficient (Wildman–Crippen LogP) is 7.79. The van der Waals surface area contributed by atoms with Crippen molar-refractivity contribution in [2.24, 2.45) is 0 Å². The average molecular weight is 458 g/mol. The summed E-state index contributed by atoms with van der Waals surface area (Å²) < 4.78 is 2.38. The molecule has 5 heteroatoms. The van der Waals surface area contributed by atoms with Gasteiger partial charge < -0.3 is 4.57 Å². The number of hydrogen-bond donors (Lipinski definition) is 0. The molecule has 35 heavy (non-hydrogen) atoms. The van der Waals surface area contributed by atoms with Gasteiger partial charge in [0.05, 0.1) is 16.3 Å². The molecule has 0 unspecified atom stereocenters. The van der Waals surface area contributed by atoms with Crippen LogP contribution in [0.5, 0.6) is 0 Å². The van der Waals surface area contributed by atoms with Crippen LogP contribution in [-0.2, 0) is 0 Å². The molecule has 1 saturated carbocycles. The van der Waals surface area contributed by atoms with Crippen LogP contribution in [0.2, 0.25) is 0 Å². The van der Waals surface area contributed by atoms with Crippen LogP contribution in [0.25, 0.3) is 45.0 Å². The van der Waals surface area contributed by atoms with E-state index >= 15 is 0 Å². The first-order valence-corrected chi connectivity index (χ1v) is 11.8. The molecule has 170 valence electrons. The maximum absolute atomic E-state index is 11.4. The van der Waals surface area contributed by atoms with Crippen molar-refractivity contribution in [3.05, 3.63) is 119 Å². The number of imidazole rings is 1. The van der Waals surface area contributed by atoms with Crippen molar-refractivity contribution in [3.63, 3.8) is 0 Å². The van der Waals surface area contributed by atoms with E-state index in [1.54, 1.807) is 12.1 Å². The second kappa shape index (κ2) is 8.69. The normalized spacial score (nSPS) is 13.0. The van der Waals surface area contributed by atoms with Crippen LogP contribution in [0.3, 0.4) is 0 Å².